The zero-order chi connectivity index (χ0) is 26.8. The zero-order valence-corrected chi connectivity index (χ0v) is 22.0. The number of H-pyrrole nitrogens is 2. The van der Waals surface area contributed by atoms with Crippen LogP contribution in [0, 0.1) is 18.7 Å². The maximum atomic E-state index is 13.6. The highest BCUT2D eigenvalue weighted by molar-refractivity contribution is 5.94. The van der Waals surface area contributed by atoms with Crippen molar-refractivity contribution in [3.8, 4) is 22.5 Å². The third-order valence-electron chi connectivity index (χ3n) is 7.54. The molecule has 39 heavy (non-hydrogen) atoms. The molecule has 7 heteroatoms. The van der Waals surface area contributed by atoms with Gasteiger partial charge in [0.05, 0.1) is 11.4 Å². The van der Waals surface area contributed by atoms with E-state index >= 15 is 0 Å². The normalized spacial score (nSPS) is 14.7. The van der Waals surface area contributed by atoms with Crippen LogP contribution in [0.3, 0.4) is 0 Å². The van der Waals surface area contributed by atoms with E-state index in [1.165, 1.54) is 30.5 Å². The van der Waals surface area contributed by atoms with Crippen molar-refractivity contribution < 1.29 is 4.39 Å². The molecule has 0 amide bonds. The second kappa shape index (κ2) is 10.8. The number of aromatic amines is 2. The van der Waals surface area contributed by atoms with E-state index in [2.05, 4.69) is 55.2 Å². The van der Waals surface area contributed by atoms with Crippen LogP contribution in [-0.2, 0) is 6.42 Å². The number of aromatic nitrogens is 5. The van der Waals surface area contributed by atoms with Crippen LogP contribution in [0.2, 0.25) is 0 Å². The highest BCUT2D eigenvalue weighted by Crippen LogP contribution is 2.34. The number of fused-ring (bicyclic) bond motifs is 1. The lowest BCUT2D eigenvalue weighted by Crippen LogP contribution is -2.28. The minimum absolute atomic E-state index is 0.262. The molecule has 0 unspecified atom stereocenters. The number of rotatable bonds is 7. The van der Waals surface area contributed by atoms with E-state index in [9.17, 15) is 4.39 Å². The number of allylic oxidation sites excluding steroid dienone is 2. The van der Waals surface area contributed by atoms with Gasteiger partial charge in [0, 0.05) is 46.4 Å². The molecule has 0 atom stereocenters. The molecule has 1 aliphatic heterocycles. The Hall–Kier alpha value is -4.36. The summed E-state index contributed by atoms with van der Waals surface area (Å²) in [6.07, 6.45) is 12.9. The standard InChI is InChI=1S/C32H31FN6/c1-3-4-27(23-5-7-26(33)8-6-23)28-16-30(37-20(28)2)31-29-15-25(19-36-32(29)39-38-31)24-14-22(17-35-18-24)13-21-9-11-34-12-10-21/h3-8,14-19,21,34,37H,1,9-13H2,2H3,(H,36,38,39)/b27-4-. The number of hydrogen-bond acceptors (Lipinski definition) is 4. The summed E-state index contributed by atoms with van der Waals surface area (Å²) in [6.45, 7) is 8.10. The van der Waals surface area contributed by atoms with Crippen LogP contribution in [0.25, 0.3) is 39.1 Å². The Balaban J connectivity index is 1.34. The zero-order valence-electron chi connectivity index (χ0n) is 22.0. The maximum Gasteiger partial charge on any atom is 0.181 e. The van der Waals surface area contributed by atoms with Crippen LogP contribution in [0.4, 0.5) is 4.39 Å². The predicted molar refractivity (Wildman–Crippen MR) is 155 cm³/mol. The van der Waals surface area contributed by atoms with Crippen molar-refractivity contribution in [1.29, 1.82) is 0 Å². The molecule has 0 saturated carbocycles. The lowest BCUT2D eigenvalue weighted by Gasteiger charge is -2.22. The van der Waals surface area contributed by atoms with E-state index in [-0.39, 0.29) is 5.82 Å². The SMILES string of the molecule is C=C/C=C(/c1ccc(F)cc1)c1cc(-c2[nH]nc3ncc(-c4cncc(CC5CCNCC5)c4)cc23)[nH]c1C. The van der Waals surface area contributed by atoms with Crippen LogP contribution in [0.15, 0.2) is 79.8 Å². The van der Waals surface area contributed by atoms with E-state index in [1.807, 2.05) is 31.6 Å². The first kappa shape index (κ1) is 24.9. The molecule has 0 aliphatic carbocycles. The van der Waals surface area contributed by atoms with Gasteiger partial charge in [-0.05, 0) is 92.2 Å². The third kappa shape index (κ3) is 5.18. The van der Waals surface area contributed by atoms with E-state index in [1.54, 1.807) is 18.2 Å². The topological polar surface area (TPSA) is 82.3 Å². The number of nitrogens with zero attached hydrogens (tertiary/aromatic N) is 3. The lowest BCUT2D eigenvalue weighted by molar-refractivity contribution is 0.372. The Morgan fingerprint density at radius 3 is 2.64 bits per heavy atom. The summed E-state index contributed by atoms with van der Waals surface area (Å²) in [4.78, 5) is 12.7. The molecule has 0 bridgehead atoms. The number of aryl methyl sites for hydroxylation is 1. The average molecular weight is 519 g/mol. The van der Waals surface area contributed by atoms with Crippen molar-refractivity contribution in [3.63, 3.8) is 0 Å². The molecule has 0 spiro atoms. The van der Waals surface area contributed by atoms with Gasteiger partial charge in [-0.1, -0.05) is 30.9 Å². The van der Waals surface area contributed by atoms with E-state index in [0.29, 0.717) is 11.6 Å². The summed E-state index contributed by atoms with van der Waals surface area (Å²) in [7, 11) is 0. The summed E-state index contributed by atoms with van der Waals surface area (Å²) in [5, 5.41) is 12.0. The van der Waals surface area contributed by atoms with Crippen molar-refractivity contribution >= 4 is 16.6 Å². The van der Waals surface area contributed by atoms with E-state index in [4.69, 9.17) is 0 Å². The monoisotopic (exact) mass is 518 g/mol. The van der Waals surface area contributed by atoms with Crippen molar-refractivity contribution in [2.75, 3.05) is 13.1 Å². The fraction of sp³-hybridized carbons (Fsp3) is 0.219. The van der Waals surface area contributed by atoms with E-state index < -0.39 is 0 Å². The fourth-order valence-electron chi connectivity index (χ4n) is 5.50. The van der Waals surface area contributed by atoms with Gasteiger partial charge in [0.25, 0.3) is 0 Å². The molecule has 5 aromatic rings. The number of nitrogens with one attached hydrogen (secondary N) is 3. The second-order valence-electron chi connectivity index (χ2n) is 10.2. The first-order valence-electron chi connectivity index (χ1n) is 13.4. The highest BCUT2D eigenvalue weighted by Gasteiger charge is 2.18. The van der Waals surface area contributed by atoms with Crippen LogP contribution in [0.1, 0.15) is 35.2 Å². The summed E-state index contributed by atoms with van der Waals surface area (Å²) >= 11 is 0. The number of halogens is 1. The Kier molecular flexibility index (Phi) is 6.90. The molecule has 1 saturated heterocycles. The van der Waals surface area contributed by atoms with Crippen LogP contribution in [0.5, 0.6) is 0 Å². The van der Waals surface area contributed by atoms with Gasteiger partial charge in [-0.3, -0.25) is 10.1 Å². The summed E-state index contributed by atoms with van der Waals surface area (Å²) in [5.74, 6) is 0.437. The minimum Gasteiger partial charge on any atom is -0.357 e. The fourth-order valence-corrected chi connectivity index (χ4v) is 5.50. The number of hydrogen-bond donors (Lipinski definition) is 3. The molecule has 1 aromatic carbocycles. The second-order valence-corrected chi connectivity index (χ2v) is 10.2. The van der Waals surface area contributed by atoms with Gasteiger partial charge in [0.2, 0.25) is 0 Å². The van der Waals surface area contributed by atoms with Crippen molar-refractivity contribution in [2.45, 2.75) is 26.2 Å². The quantitative estimate of drug-likeness (QED) is 0.211. The smallest absolute Gasteiger partial charge is 0.181 e. The number of piperidine rings is 1. The first-order chi connectivity index (χ1) is 19.1. The number of benzene rings is 1. The molecule has 196 valence electrons. The van der Waals surface area contributed by atoms with Crippen LogP contribution < -0.4 is 5.32 Å². The van der Waals surface area contributed by atoms with E-state index in [0.717, 1.165) is 69.8 Å². The molecule has 6 rings (SSSR count). The van der Waals surface area contributed by atoms with Gasteiger partial charge in [-0.25, -0.2) is 9.37 Å². The summed E-state index contributed by atoms with van der Waals surface area (Å²) in [6, 6.07) is 13.0. The third-order valence-corrected chi connectivity index (χ3v) is 7.54. The molecule has 3 N–H and O–H groups in total. The molecule has 4 aromatic heterocycles. The Labute approximate surface area is 227 Å². The van der Waals surface area contributed by atoms with Crippen molar-refractivity contribution in [2.24, 2.45) is 5.92 Å². The highest BCUT2D eigenvalue weighted by atomic mass is 19.1. The lowest BCUT2D eigenvalue weighted by atomic mass is 9.91. The van der Waals surface area contributed by atoms with Gasteiger partial charge < -0.3 is 10.3 Å². The van der Waals surface area contributed by atoms with Crippen molar-refractivity contribution in [3.05, 3.63) is 108 Å². The molecular weight excluding hydrogens is 487 g/mol. The Bertz CT molecular complexity index is 1650. The molecular formula is C32H31FN6. The van der Waals surface area contributed by atoms with Gasteiger partial charge in [0.15, 0.2) is 5.65 Å². The molecule has 6 nitrogen and oxygen atoms in total. The summed E-state index contributed by atoms with van der Waals surface area (Å²) < 4.78 is 13.6. The predicted octanol–water partition coefficient (Wildman–Crippen LogP) is 6.62. The number of pyridine rings is 2. The molecule has 1 fully saturated rings. The van der Waals surface area contributed by atoms with Crippen molar-refractivity contribution in [1.82, 2.24) is 30.5 Å². The largest absolute Gasteiger partial charge is 0.357 e. The molecule has 5 heterocycles. The van der Waals surface area contributed by atoms with Gasteiger partial charge in [-0.15, -0.1) is 0 Å². The van der Waals surface area contributed by atoms with Gasteiger partial charge in [0.1, 0.15) is 5.82 Å². The average Bonchev–Trinajstić information content (AvgIpc) is 3.56. The van der Waals surface area contributed by atoms with Crippen LogP contribution in [-0.4, -0.2) is 38.2 Å². The summed E-state index contributed by atoms with van der Waals surface area (Å²) in [5.41, 5.74) is 9.63. The van der Waals surface area contributed by atoms with Gasteiger partial charge in [-0.2, -0.15) is 5.10 Å². The Morgan fingerprint density at radius 2 is 1.85 bits per heavy atom. The maximum absolute atomic E-state index is 13.6. The van der Waals surface area contributed by atoms with Crippen LogP contribution >= 0.6 is 0 Å². The first-order valence-corrected chi connectivity index (χ1v) is 13.4. The van der Waals surface area contributed by atoms with Gasteiger partial charge >= 0.3 is 0 Å². The molecule has 0 radical (unpaired) electrons. The molecule has 1 aliphatic rings. The Morgan fingerprint density at radius 1 is 1.05 bits per heavy atom. The minimum atomic E-state index is -0.262.